The minimum absolute atomic E-state index is 0.468. The largest absolute Gasteiger partial charge is 0.490 e. The van der Waals surface area contributed by atoms with E-state index in [1.165, 1.54) is 49.0 Å². The Kier molecular flexibility index (Phi) is 11.2. The minimum Gasteiger partial charge on any atom is -0.475 e. The molecule has 3 aromatic rings. The highest BCUT2D eigenvalue weighted by Crippen LogP contribution is 2.42. The van der Waals surface area contributed by atoms with Crippen molar-refractivity contribution in [1.29, 1.82) is 0 Å². The number of amides is 1. The first-order valence-corrected chi connectivity index (χ1v) is 14.8. The smallest absolute Gasteiger partial charge is 0.475 e. The van der Waals surface area contributed by atoms with Gasteiger partial charge < -0.3 is 19.8 Å². The maximum absolute atomic E-state index is 11.4. The summed E-state index contributed by atoms with van der Waals surface area (Å²) in [7, 11) is 0. The van der Waals surface area contributed by atoms with Crippen LogP contribution in [0.4, 0.5) is 13.2 Å². The Bertz CT molecular complexity index is 1360. The first-order valence-electron chi connectivity index (χ1n) is 14.8. The lowest BCUT2D eigenvalue weighted by Crippen LogP contribution is -2.38. The lowest BCUT2D eigenvalue weighted by molar-refractivity contribution is -0.192. The predicted molar refractivity (Wildman–Crippen MR) is 157 cm³/mol. The monoisotopic (exact) mass is 616 g/mol. The predicted octanol–water partition coefficient (Wildman–Crippen LogP) is 5.50. The fourth-order valence-corrected chi connectivity index (χ4v) is 5.71. The lowest BCUT2D eigenvalue weighted by Gasteiger charge is -2.32. The highest BCUT2D eigenvalue weighted by molar-refractivity contribution is 5.93. The molecule has 5 rings (SSSR count). The summed E-state index contributed by atoms with van der Waals surface area (Å²) in [5, 5.41) is 23.8. The van der Waals surface area contributed by atoms with Crippen LogP contribution in [0.2, 0.25) is 0 Å². The molecule has 238 valence electrons. The summed E-state index contributed by atoms with van der Waals surface area (Å²) in [6.07, 6.45) is 0.802. The van der Waals surface area contributed by atoms with Gasteiger partial charge in [-0.15, -0.1) is 0 Å². The quantitative estimate of drug-likeness (QED) is 0.174. The van der Waals surface area contributed by atoms with Gasteiger partial charge in [-0.3, -0.25) is 10.0 Å². The van der Waals surface area contributed by atoms with E-state index in [4.69, 9.17) is 19.6 Å². The molecule has 1 saturated carbocycles. The third kappa shape index (κ3) is 9.13. The topological polar surface area (TPSA) is 128 Å². The van der Waals surface area contributed by atoms with Crippen LogP contribution >= 0.6 is 0 Å². The first-order chi connectivity index (χ1) is 21.0. The molecule has 2 unspecified atom stereocenters. The van der Waals surface area contributed by atoms with Crippen LogP contribution in [0.5, 0.6) is 0 Å². The Hall–Kier alpha value is -3.74. The van der Waals surface area contributed by atoms with Gasteiger partial charge in [-0.2, -0.15) is 13.2 Å². The minimum atomic E-state index is -5.08. The van der Waals surface area contributed by atoms with Crippen LogP contribution in [0.1, 0.15) is 64.5 Å². The molecule has 0 spiro atoms. The number of aromatic nitrogens is 1. The number of halogens is 3. The van der Waals surface area contributed by atoms with E-state index in [1.54, 1.807) is 17.6 Å². The Labute approximate surface area is 254 Å². The van der Waals surface area contributed by atoms with Crippen LogP contribution in [0.15, 0.2) is 53.1 Å². The normalized spacial score (nSPS) is 18.8. The summed E-state index contributed by atoms with van der Waals surface area (Å²) in [5.74, 6) is -0.948. The number of hydrogen-bond acceptors (Lipinski definition) is 7. The Morgan fingerprint density at radius 2 is 1.68 bits per heavy atom. The average Bonchev–Trinajstić information content (AvgIpc) is 3.71. The number of hydroxylamine groups is 1. The molecule has 2 aromatic carbocycles. The zero-order valence-electron chi connectivity index (χ0n) is 24.9. The highest BCUT2D eigenvalue weighted by Gasteiger charge is 2.39. The molecule has 2 heterocycles. The van der Waals surface area contributed by atoms with E-state index < -0.39 is 18.1 Å². The van der Waals surface area contributed by atoms with Gasteiger partial charge in [-0.25, -0.2) is 10.3 Å². The van der Waals surface area contributed by atoms with Crippen LogP contribution in [0, 0.1) is 19.8 Å². The van der Waals surface area contributed by atoms with Crippen LogP contribution in [-0.2, 0) is 11.2 Å². The molecule has 0 radical (unpaired) electrons. The number of benzene rings is 2. The van der Waals surface area contributed by atoms with Crippen LogP contribution in [0.25, 0.3) is 11.1 Å². The number of rotatable bonds is 10. The number of nitrogens with zero attached hydrogens (tertiary/aromatic N) is 2. The van der Waals surface area contributed by atoms with Crippen molar-refractivity contribution in [3.63, 3.8) is 0 Å². The average molecular weight is 617 g/mol. The number of piperidine rings is 1. The molecule has 1 amide bonds. The third-order valence-corrected chi connectivity index (χ3v) is 8.33. The number of aliphatic carboxylic acids is 1. The summed E-state index contributed by atoms with van der Waals surface area (Å²) in [6.45, 7) is 8.57. The molecule has 2 aliphatic rings. The van der Waals surface area contributed by atoms with Crippen molar-refractivity contribution in [2.45, 2.75) is 64.1 Å². The van der Waals surface area contributed by atoms with Crippen molar-refractivity contribution >= 4 is 11.9 Å². The molecule has 9 nitrogen and oxygen atoms in total. The van der Waals surface area contributed by atoms with Gasteiger partial charge in [0.25, 0.3) is 5.91 Å². The number of hydrogen-bond donors (Lipinski definition) is 4. The number of carboxylic acid groups (broad SMARTS) is 1. The molecule has 1 aromatic heterocycles. The molecular formula is C32H39F3N4O5. The van der Waals surface area contributed by atoms with Crippen molar-refractivity contribution < 1.29 is 37.6 Å². The summed E-state index contributed by atoms with van der Waals surface area (Å²) in [5.41, 5.74) is 8.05. The van der Waals surface area contributed by atoms with Gasteiger partial charge in [0.2, 0.25) is 0 Å². The molecule has 44 heavy (non-hydrogen) atoms. The second kappa shape index (κ2) is 14.8. The lowest BCUT2D eigenvalue weighted by atomic mass is 9.96. The van der Waals surface area contributed by atoms with Crippen LogP contribution in [-0.4, -0.2) is 70.6 Å². The number of likely N-dealkylation sites (tertiary alicyclic amines) is 1. The molecule has 12 heteroatoms. The molecule has 1 aliphatic carbocycles. The Morgan fingerprint density at radius 1 is 1.05 bits per heavy atom. The van der Waals surface area contributed by atoms with Crippen molar-refractivity contribution in [2.24, 2.45) is 5.92 Å². The molecular weight excluding hydrogens is 577 g/mol. The van der Waals surface area contributed by atoms with E-state index in [9.17, 15) is 18.0 Å². The van der Waals surface area contributed by atoms with Gasteiger partial charge in [-0.05, 0) is 107 Å². The van der Waals surface area contributed by atoms with Gasteiger partial charge in [-0.1, -0.05) is 41.6 Å². The fourth-order valence-electron chi connectivity index (χ4n) is 5.71. The maximum Gasteiger partial charge on any atom is 0.490 e. The maximum atomic E-state index is 11.4. The van der Waals surface area contributed by atoms with Crippen molar-refractivity contribution in [2.75, 3.05) is 26.2 Å². The Morgan fingerprint density at radius 3 is 2.23 bits per heavy atom. The van der Waals surface area contributed by atoms with E-state index in [1.807, 2.05) is 26.0 Å². The number of carboxylic acids is 1. The number of aryl methyl sites for hydroxylation is 3. The van der Waals surface area contributed by atoms with Crippen molar-refractivity contribution in [3.8, 4) is 11.1 Å². The third-order valence-electron chi connectivity index (χ3n) is 8.33. The van der Waals surface area contributed by atoms with Gasteiger partial charge in [0.1, 0.15) is 5.76 Å². The SMILES string of the molecule is Cc1noc(C)c1-c1ccc(C2CC2NCC2CCN(CCCc3ccc(C(=O)NO)cc3)CC2)cc1.O=C(O)C(F)(F)F. The second-order valence-corrected chi connectivity index (χ2v) is 11.5. The van der Waals surface area contributed by atoms with E-state index in [2.05, 4.69) is 39.6 Å². The summed E-state index contributed by atoms with van der Waals surface area (Å²) in [4.78, 5) is 22.9. The molecule has 2 atom stereocenters. The van der Waals surface area contributed by atoms with Crippen molar-refractivity contribution in [1.82, 2.24) is 20.9 Å². The zero-order chi connectivity index (χ0) is 31.9. The number of alkyl halides is 3. The molecule has 0 bridgehead atoms. The van der Waals surface area contributed by atoms with Crippen molar-refractivity contribution in [3.05, 3.63) is 76.7 Å². The molecule has 1 saturated heterocycles. The van der Waals surface area contributed by atoms with E-state index in [0.717, 1.165) is 48.9 Å². The van der Waals surface area contributed by atoms with Gasteiger partial charge >= 0.3 is 12.1 Å². The van der Waals surface area contributed by atoms with E-state index >= 15 is 0 Å². The van der Waals surface area contributed by atoms with Gasteiger partial charge in [0.05, 0.1) is 5.69 Å². The van der Waals surface area contributed by atoms with Gasteiger partial charge in [0, 0.05) is 23.1 Å². The molecule has 2 fully saturated rings. The zero-order valence-corrected chi connectivity index (χ0v) is 24.9. The summed E-state index contributed by atoms with van der Waals surface area (Å²) >= 11 is 0. The standard InChI is InChI=1S/C30H38N4O3.C2HF3O2/c1-20-29(21(2)37-33-20)25-11-9-24(10-12-25)27-18-28(27)31-19-23-13-16-34(17-14-23)15-3-4-22-5-7-26(8-6-22)30(35)32-36;3-2(4,5)1(6)7/h5-12,23,27-28,31,36H,3-4,13-19H2,1-2H3,(H,32,35);(H,6,7). The summed E-state index contributed by atoms with van der Waals surface area (Å²) < 4.78 is 37.1. The fraction of sp³-hybridized carbons (Fsp3) is 0.469. The number of carbonyl (C=O) groups is 2. The second-order valence-electron chi connectivity index (χ2n) is 11.5. The summed E-state index contributed by atoms with van der Waals surface area (Å²) in [6, 6.07) is 17.0. The Balaban J connectivity index is 0.000000566. The van der Waals surface area contributed by atoms with Crippen LogP contribution < -0.4 is 10.8 Å². The number of carbonyl (C=O) groups excluding carboxylic acids is 1. The van der Waals surface area contributed by atoms with E-state index in [-0.39, 0.29) is 0 Å². The molecule has 4 N–H and O–H groups in total. The number of nitrogens with one attached hydrogen (secondary N) is 2. The van der Waals surface area contributed by atoms with E-state index in [0.29, 0.717) is 17.5 Å². The molecule has 1 aliphatic heterocycles. The highest BCUT2D eigenvalue weighted by atomic mass is 19.4. The van der Waals surface area contributed by atoms with Crippen LogP contribution in [0.3, 0.4) is 0 Å². The first kappa shape index (κ1) is 33.2. The van der Waals surface area contributed by atoms with Gasteiger partial charge in [0.15, 0.2) is 0 Å².